The van der Waals surface area contributed by atoms with Crippen LogP contribution in [0.4, 0.5) is 17.6 Å². The van der Waals surface area contributed by atoms with Crippen LogP contribution in [0, 0.1) is 5.82 Å². The van der Waals surface area contributed by atoms with Gasteiger partial charge in [-0.2, -0.15) is 13.2 Å². The van der Waals surface area contributed by atoms with Crippen LogP contribution in [0.3, 0.4) is 0 Å². The number of hydrogen-bond donors (Lipinski definition) is 0. The summed E-state index contributed by atoms with van der Waals surface area (Å²) in [5.74, 6) is -1.32. The Labute approximate surface area is 121 Å². The molecule has 0 aromatic heterocycles. The molecule has 2 nitrogen and oxygen atoms in total. The zero-order valence-electron chi connectivity index (χ0n) is 10.2. The van der Waals surface area contributed by atoms with E-state index in [1.807, 2.05) is 0 Å². The zero-order valence-corrected chi connectivity index (χ0v) is 11.8. The van der Waals surface area contributed by atoms with Gasteiger partial charge in [-0.05, 0) is 34.5 Å². The highest BCUT2D eigenvalue weighted by Crippen LogP contribution is 2.31. The van der Waals surface area contributed by atoms with E-state index in [4.69, 9.17) is 0 Å². The van der Waals surface area contributed by atoms with Gasteiger partial charge in [0.05, 0.1) is 5.56 Å². The topological polar surface area (TPSA) is 20.3 Å². The van der Waals surface area contributed by atoms with Crippen molar-refractivity contribution in [2.45, 2.75) is 12.6 Å². The lowest BCUT2D eigenvalue weighted by molar-refractivity contribution is -0.0957. The molecule has 20 heavy (non-hydrogen) atoms. The van der Waals surface area contributed by atoms with E-state index in [0.29, 0.717) is 0 Å². The summed E-state index contributed by atoms with van der Waals surface area (Å²) in [6.07, 6.45) is -3.68. The molecular formula is C13H10BrF4NO. The van der Waals surface area contributed by atoms with Crippen molar-refractivity contribution in [3.8, 4) is 0 Å². The summed E-state index contributed by atoms with van der Waals surface area (Å²) in [5.41, 5.74) is -0.800. The molecule has 1 aliphatic rings. The standard InChI is InChI=1S/C13H10BrF4NO/c14-9-2-1-3-10(15)11(9)12(20)19-6-4-8(5-7-19)13(16,17)18/h1-4H,5-7H2. The summed E-state index contributed by atoms with van der Waals surface area (Å²) in [5, 5.41) is 0. The number of amides is 1. The van der Waals surface area contributed by atoms with Gasteiger partial charge in [0.2, 0.25) is 0 Å². The third kappa shape index (κ3) is 3.03. The minimum atomic E-state index is -4.37. The zero-order chi connectivity index (χ0) is 14.9. The van der Waals surface area contributed by atoms with Gasteiger partial charge in [0.15, 0.2) is 0 Å². The number of carbonyl (C=O) groups is 1. The SMILES string of the molecule is O=C(c1c(F)cccc1Br)N1CC=C(C(F)(F)F)CC1. The number of halogens is 5. The Kier molecular flexibility index (Phi) is 4.17. The van der Waals surface area contributed by atoms with Gasteiger partial charge < -0.3 is 4.90 Å². The molecule has 0 saturated heterocycles. The molecule has 1 amide bonds. The monoisotopic (exact) mass is 351 g/mol. The Morgan fingerprint density at radius 2 is 2.00 bits per heavy atom. The van der Waals surface area contributed by atoms with Crippen molar-refractivity contribution < 1.29 is 22.4 Å². The van der Waals surface area contributed by atoms with Crippen molar-refractivity contribution >= 4 is 21.8 Å². The minimum Gasteiger partial charge on any atom is -0.334 e. The number of carbonyl (C=O) groups excluding carboxylic acids is 1. The van der Waals surface area contributed by atoms with E-state index in [-0.39, 0.29) is 29.5 Å². The molecule has 0 fully saturated rings. The van der Waals surface area contributed by atoms with E-state index in [0.717, 1.165) is 12.1 Å². The van der Waals surface area contributed by atoms with E-state index in [1.54, 1.807) is 0 Å². The van der Waals surface area contributed by atoms with Gasteiger partial charge in [-0.1, -0.05) is 12.1 Å². The molecular weight excluding hydrogens is 342 g/mol. The molecule has 1 heterocycles. The highest BCUT2D eigenvalue weighted by atomic mass is 79.9. The molecule has 0 bridgehead atoms. The normalized spacial score (nSPS) is 16.1. The van der Waals surface area contributed by atoms with Crippen molar-refractivity contribution in [1.29, 1.82) is 0 Å². The van der Waals surface area contributed by atoms with Crippen molar-refractivity contribution in [2.75, 3.05) is 13.1 Å². The molecule has 7 heteroatoms. The van der Waals surface area contributed by atoms with E-state index in [2.05, 4.69) is 15.9 Å². The molecule has 0 radical (unpaired) electrons. The predicted octanol–water partition coefficient (Wildman–Crippen LogP) is 3.92. The molecule has 0 atom stereocenters. The maximum Gasteiger partial charge on any atom is 0.412 e. The van der Waals surface area contributed by atoms with Crippen LogP contribution in [-0.2, 0) is 0 Å². The van der Waals surface area contributed by atoms with Crippen molar-refractivity contribution in [2.24, 2.45) is 0 Å². The second-order valence-electron chi connectivity index (χ2n) is 4.32. The average Bonchev–Trinajstić information content (AvgIpc) is 2.37. The van der Waals surface area contributed by atoms with Crippen LogP contribution in [0.15, 0.2) is 34.3 Å². The van der Waals surface area contributed by atoms with Gasteiger partial charge >= 0.3 is 6.18 Å². The Morgan fingerprint density at radius 1 is 1.30 bits per heavy atom. The first kappa shape index (κ1) is 15.0. The van der Waals surface area contributed by atoms with E-state index in [9.17, 15) is 22.4 Å². The lowest BCUT2D eigenvalue weighted by Crippen LogP contribution is -2.37. The van der Waals surface area contributed by atoms with Crippen LogP contribution >= 0.6 is 15.9 Å². The number of benzene rings is 1. The van der Waals surface area contributed by atoms with Crippen molar-refractivity contribution in [3.05, 3.63) is 45.7 Å². The second kappa shape index (κ2) is 5.55. The van der Waals surface area contributed by atoms with Gasteiger partial charge in [-0.15, -0.1) is 0 Å². The molecule has 0 N–H and O–H groups in total. The minimum absolute atomic E-state index is 0.0784. The van der Waals surface area contributed by atoms with Gasteiger partial charge in [0.1, 0.15) is 5.82 Å². The van der Waals surface area contributed by atoms with Crippen LogP contribution in [0.1, 0.15) is 16.8 Å². The first-order chi connectivity index (χ1) is 9.30. The summed E-state index contributed by atoms with van der Waals surface area (Å²) in [6.45, 7) is -0.251. The molecule has 0 saturated carbocycles. The number of nitrogens with zero attached hydrogens (tertiary/aromatic N) is 1. The van der Waals surface area contributed by atoms with Crippen LogP contribution in [0.25, 0.3) is 0 Å². The van der Waals surface area contributed by atoms with E-state index < -0.39 is 23.5 Å². The molecule has 0 unspecified atom stereocenters. The van der Waals surface area contributed by atoms with Gasteiger partial charge in [-0.3, -0.25) is 4.79 Å². The molecule has 1 aromatic rings. The highest BCUT2D eigenvalue weighted by molar-refractivity contribution is 9.10. The quantitative estimate of drug-likeness (QED) is 0.554. The van der Waals surface area contributed by atoms with Crippen molar-refractivity contribution in [3.63, 3.8) is 0 Å². The number of rotatable bonds is 1. The van der Waals surface area contributed by atoms with Gasteiger partial charge in [0.25, 0.3) is 5.91 Å². The number of hydrogen-bond acceptors (Lipinski definition) is 1. The van der Waals surface area contributed by atoms with Gasteiger partial charge in [0, 0.05) is 23.1 Å². The lowest BCUT2D eigenvalue weighted by Gasteiger charge is -2.27. The first-order valence-electron chi connectivity index (χ1n) is 5.80. The summed E-state index contributed by atoms with van der Waals surface area (Å²) in [7, 11) is 0. The summed E-state index contributed by atoms with van der Waals surface area (Å²) in [6, 6.07) is 4.09. The number of alkyl halides is 3. The Hall–Kier alpha value is -1.37. The molecule has 2 rings (SSSR count). The Bertz CT molecular complexity index is 548. The molecule has 1 aliphatic heterocycles. The Balaban J connectivity index is 2.19. The fraction of sp³-hybridized carbons (Fsp3) is 0.308. The highest BCUT2D eigenvalue weighted by Gasteiger charge is 2.36. The van der Waals surface area contributed by atoms with Crippen molar-refractivity contribution in [1.82, 2.24) is 4.90 Å². The smallest absolute Gasteiger partial charge is 0.334 e. The molecule has 1 aromatic carbocycles. The maximum atomic E-state index is 13.6. The maximum absolute atomic E-state index is 13.6. The summed E-state index contributed by atoms with van der Waals surface area (Å²) in [4.78, 5) is 13.3. The molecule has 108 valence electrons. The first-order valence-corrected chi connectivity index (χ1v) is 6.59. The fourth-order valence-electron chi connectivity index (χ4n) is 1.97. The van der Waals surface area contributed by atoms with Crippen LogP contribution in [0.2, 0.25) is 0 Å². The predicted molar refractivity (Wildman–Crippen MR) is 68.8 cm³/mol. The second-order valence-corrected chi connectivity index (χ2v) is 5.18. The average molecular weight is 352 g/mol. The molecule has 0 aliphatic carbocycles. The van der Waals surface area contributed by atoms with Gasteiger partial charge in [-0.25, -0.2) is 4.39 Å². The fourth-order valence-corrected chi connectivity index (χ4v) is 2.48. The van der Waals surface area contributed by atoms with Crippen LogP contribution < -0.4 is 0 Å². The largest absolute Gasteiger partial charge is 0.412 e. The van der Waals surface area contributed by atoms with E-state index >= 15 is 0 Å². The third-order valence-electron chi connectivity index (χ3n) is 3.04. The lowest BCUT2D eigenvalue weighted by atomic mass is 10.1. The van der Waals surface area contributed by atoms with Crippen LogP contribution in [0.5, 0.6) is 0 Å². The summed E-state index contributed by atoms with van der Waals surface area (Å²) < 4.78 is 51.4. The Morgan fingerprint density at radius 3 is 2.50 bits per heavy atom. The summed E-state index contributed by atoms with van der Waals surface area (Å²) >= 11 is 3.08. The van der Waals surface area contributed by atoms with E-state index in [1.165, 1.54) is 17.0 Å². The van der Waals surface area contributed by atoms with Crippen LogP contribution in [-0.4, -0.2) is 30.1 Å². The third-order valence-corrected chi connectivity index (χ3v) is 3.70. The molecule has 0 spiro atoms.